The fourth-order valence-electron chi connectivity index (χ4n) is 5.15. The largest absolute Gasteiger partial charge is 0.416 e. The first-order valence-corrected chi connectivity index (χ1v) is 14.3. The van der Waals surface area contributed by atoms with E-state index in [4.69, 9.17) is 0 Å². The predicted octanol–water partition coefficient (Wildman–Crippen LogP) is 7.71. The summed E-state index contributed by atoms with van der Waals surface area (Å²) >= 11 is 1.29. The molecular weight excluding hydrogens is 564 g/mol. The molecule has 2 fully saturated rings. The van der Waals surface area contributed by atoms with Crippen LogP contribution < -0.4 is 10.2 Å². The zero-order valence-electron chi connectivity index (χ0n) is 22.1. The molecule has 1 N–H and O–H groups in total. The lowest BCUT2D eigenvalue weighted by molar-refractivity contribution is -0.160. The second-order valence-electron chi connectivity index (χ2n) is 10.3. The van der Waals surface area contributed by atoms with Gasteiger partial charge in [0, 0.05) is 31.9 Å². The van der Waals surface area contributed by atoms with Gasteiger partial charge in [-0.2, -0.15) is 26.3 Å². The van der Waals surface area contributed by atoms with Crippen molar-refractivity contribution < 1.29 is 31.1 Å². The van der Waals surface area contributed by atoms with Crippen LogP contribution in [-0.4, -0.2) is 43.2 Å². The van der Waals surface area contributed by atoms with Gasteiger partial charge in [-0.05, 0) is 72.6 Å². The molecule has 11 heteroatoms. The number of nitrogens with one attached hydrogen (secondary N) is 1. The number of rotatable bonds is 6. The number of alkyl halides is 6. The van der Waals surface area contributed by atoms with Gasteiger partial charge in [-0.3, -0.25) is 4.79 Å². The molecule has 1 unspecified atom stereocenters. The number of piperazine rings is 1. The molecule has 218 valence electrons. The lowest BCUT2D eigenvalue weighted by Gasteiger charge is -2.41. The van der Waals surface area contributed by atoms with Crippen molar-refractivity contribution in [3.63, 3.8) is 0 Å². The highest BCUT2D eigenvalue weighted by Crippen LogP contribution is 2.37. The molecule has 1 saturated heterocycles. The number of carbonyl (C=O) groups excluding carboxylic acids is 1. The van der Waals surface area contributed by atoms with Gasteiger partial charge in [0.1, 0.15) is 0 Å². The number of benzene rings is 1. The molecule has 3 aliphatic rings. The first-order valence-electron chi connectivity index (χ1n) is 13.4. The third-order valence-electron chi connectivity index (χ3n) is 7.53. The lowest BCUT2D eigenvalue weighted by Crippen LogP contribution is -2.47. The van der Waals surface area contributed by atoms with Crippen LogP contribution in [0.15, 0.2) is 88.6 Å². The average Bonchev–Trinajstić information content (AvgIpc) is 3.45. The monoisotopic (exact) mass is 593 g/mol. The van der Waals surface area contributed by atoms with Crippen LogP contribution in [0.1, 0.15) is 40.9 Å². The predicted molar refractivity (Wildman–Crippen MR) is 147 cm³/mol. The van der Waals surface area contributed by atoms with Crippen LogP contribution in [0.25, 0.3) is 0 Å². The Kier molecular flexibility index (Phi) is 8.35. The van der Waals surface area contributed by atoms with E-state index in [0.717, 1.165) is 48.7 Å². The first-order chi connectivity index (χ1) is 19.5. The summed E-state index contributed by atoms with van der Waals surface area (Å²) in [7, 11) is 0. The summed E-state index contributed by atoms with van der Waals surface area (Å²) in [5.74, 6) is -1.85. The van der Waals surface area contributed by atoms with E-state index < -0.39 is 23.8 Å². The van der Waals surface area contributed by atoms with Gasteiger partial charge in [0.15, 0.2) is 0 Å². The molecule has 1 aliphatic heterocycles. The Hall–Kier alpha value is -3.47. The molecule has 1 aromatic heterocycles. The molecule has 2 heterocycles. The molecule has 5 rings (SSSR count). The number of allylic oxidation sites excluding steroid dienone is 6. The van der Waals surface area contributed by atoms with Gasteiger partial charge in [0.2, 0.25) is 0 Å². The number of amides is 1. The van der Waals surface area contributed by atoms with E-state index in [-0.39, 0.29) is 12.3 Å². The lowest BCUT2D eigenvalue weighted by atomic mass is 9.88. The summed E-state index contributed by atoms with van der Waals surface area (Å²) in [6, 6.07) is 8.75. The zero-order chi connectivity index (χ0) is 29.2. The number of halogens is 6. The molecule has 2 aliphatic carbocycles. The van der Waals surface area contributed by atoms with Crippen molar-refractivity contribution in [3.05, 3.63) is 99.1 Å². The maximum atomic E-state index is 13.3. The van der Waals surface area contributed by atoms with Gasteiger partial charge in [-0.25, -0.2) is 0 Å². The Morgan fingerprint density at radius 1 is 1.00 bits per heavy atom. The second kappa shape index (κ2) is 11.8. The number of nitrogens with zero attached hydrogens (tertiary/aromatic N) is 2. The van der Waals surface area contributed by atoms with Crippen LogP contribution in [0, 0.1) is 5.92 Å². The van der Waals surface area contributed by atoms with E-state index >= 15 is 0 Å². The van der Waals surface area contributed by atoms with Gasteiger partial charge in [0.05, 0.1) is 27.8 Å². The van der Waals surface area contributed by atoms with E-state index in [0.29, 0.717) is 48.0 Å². The molecule has 0 bridgehead atoms. The van der Waals surface area contributed by atoms with Crippen molar-refractivity contribution in [3.8, 4) is 0 Å². The minimum absolute atomic E-state index is 0.181. The van der Waals surface area contributed by atoms with Crippen LogP contribution in [-0.2, 0) is 6.18 Å². The average molecular weight is 594 g/mol. The fraction of sp³-hybridized carbons (Fsp3) is 0.367. The van der Waals surface area contributed by atoms with E-state index in [9.17, 15) is 31.1 Å². The normalized spacial score (nSPS) is 20.0. The minimum Gasteiger partial charge on any atom is -0.368 e. The summed E-state index contributed by atoms with van der Waals surface area (Å²) in [6.45, 7) is 1.96. The summed E-state index contributed by atoms with van der Waals surface area (Å²) in [5, 5.41) is 4.81. The molecule has 41 heavy (non-hydrogen) atoms. The van der Waals surface area contributed by atoms with Crippen molar-refractivity contribution in [2.45, 2.75) is 38.0 Å². The Balaban J connectivity index is 1.40. The highest BCUT2D eigenvalue weighted by Gasteiger charge is 2.38. The van der Waals surface area contributed by atoms with Crippen LogP contribution in [0.3, 0.4) is 0 Å². The van der Waals surface area contributed by atoms with E-state index in [1.807, 2.05) is 4.90 Å². The summed E-state index contributed by atoms with van der Waals surface area (Å²) < 4.78 is 79.4. The number of thiophene rings is 1. The second-order valence-corrected chi connectivity index (χ2v) is 11.2. The van der Waals surface area contributed by atoms with Crippen molar-refractivity contribution in [1.29, 1.82) is 0 Å². The summed E-state index contributed by atoms with van der Waals surface area (Å²) in [6.07, 6.45) is -0.425. The molecule has 1 saturated carbocycles. The minimum atomic E-state index is -4.43. The van der Waals surface area contributed by atoms with Gasteiger partial charge in [-0.1, -0.05) is 30.4 Å². The van der Waals surface area contributed by atoms with Gasteiger partial charge in [-0.15, -0.1) is 11.3 Å². The molecule has 1 atom stereocenters. The first kappa shape index (κ1) is 29.0. The summed E-state index contributed by atoms with van der Waals surface area (Å²) in [5.41, 5.74) is 2.88. The maximum absolute atomic E-state index is 13.3. The molecule has 4 nitrogen and oxygen atoms in total. The molecule has 2 aromatic rings. The van der Waals surface area contributed by atoms with Gasteiger partial charge < -0.3 is 15.1 Å². The molecular formula is C30H29F6N3OS. The van der Waals surface area contributed by atoms with Crippen molar-refractivity contribution in [2.75, 3.05) is 31.1 Å². The van der Waals surface area contributed by atoms with Crippen LogP contribution >= 0.6 is 11.3 Å². The molecule has 0 spiro atoms. The topological polar surface area (TPSA) is 35.6 Å². The van der Waals surface area contributed by atoms with Crippen molar-refractivity contribution in [1.82, 2.24) is 10.2 Å². The van der Waals surface area contributed by atoms with Gasteiger partial charge >= 0.3 is 12.4 Å². The maximum Gasteiger partial charge on any atom is 0.416 e. The van der Waals surface area contributed by atoms with E-state index in [1.165, 1.54) is 29.6 Å². The van der Waals surface area contributed by atoms with Gasteiger partial charge in [0.25, 0.3) is 5.91 Å². The molecule has 1 aromatic carbocycles. The number of hydrogen-bond donors (Lipinski definition) is 1. The Bertz CT molecular complexity index is 1370. The van der Waals surface area contributed by atoms with E-state index in [1.54, 1.807) is 29.7 Å². The fourth-order valence-corrected chi connectivity index (χ4v) is 5.77. The summed E-state index contributed by atoms with van der Waals surface area (Å²) in [4.78, 5) is 17.7. The van der Waals surface area contributed by atoms with E-state index in [2.05, 4.69) is 10.2 Å². The Morgan fingerprint density at radius 2 is 1.76 bits per heavy atom. The number of anilines is 1. The molecule has 0 radical (unpaired) electrons. The Morgan fingerprint density at radius 3 is 2.32 bits per heavy atom. The quantitative estimate of drug-likeness (QED) is 0.349. The highest BCUT2D eigenvalue weighted by atomic mass is 32.1. The highest BCUT2D eigenvalue weighted by molar-refractivity contribution is 7.12. The molecule has 1 amide bonds. The smallest absolute Gasteiger partial charge is 0.368 e. The van der Waals surface area contributed by atoms with Crippen LogP contribution in [0.5, 0.6) is 0 Å². The third-order valence-corrected chi connectivity index (χ3v) is 8.40. The van der Waals surface area contributed by atoms with Crippen LogP contribution in [0.2, 0.25) is 0 Å². The Labute approximate surface area is 238 Å². The standard InChI is InChI=1S/C30H29F6N3OS/c31-29(32,33)22-11-9-20(10-12-22)18-25(37-28(40)26-8-3-17-41-26)27(21-4-1-5-21)39-15-13-38(14-16-39)24-7-2-6-23(19-24)30(34,35)36/h2-3,6-11,17-19,22H,1,4-5,12-16H2,(H,37,40)/b25-18-. The zero-order valence-corrected chi connectivity index (χ0v) is 22.9. The number of hydrogen-bond acceptors (Lipinski definition) is 4. The van der Waals surface area contributed by atoms with Crippen molar-refractivity contribution in [2.24, 2.45) is 5.92 Å². The number of carbonyl (C=O) groups is 1. The third kappa shape index (κ3) is 6.89. The van der Waals surface area contributed by atoms with Crippen LogP contribution in [0.4, 0.5) is 32.0 Å². The SMILES string of the molecule is O=C(N/C(=C\C1=CCC(C(F)(F)F)C=C1)C(=C1CCC1)N1CCN(c2cccc(C(F)(F)F)c2)CC1)c1cccs1. The van der Waals surface area contributed by atoms with Crippen molar-refractivity contribution >= 4 is 22.9 Å².